The number of nitrogens with zero attached hydrogens (tertiary/aromatic N) is 2. The van der Waals surface area contributed by atoms with Gasteiger partial charge in [0.25, 0.3) is 10.0 Å². The Hall–Kier alpha value is -3.07. The van der Waals surface area contributed by atoms with Crippen molar-refractivity contribution in [3.63, 3.8) is 0 Å². The third kappa shape index (κ3) is 7.03. The van der Waals surface area contributed by atoms with Crippen molar-refractivity contribution in [2.75, 3.05) is 17.9 Å². The molecule has 0 saturated heterocycles. The summed E-state index contributed by atoms with van der Waals surface area (Å²) in [5.41, 5.74) is 2.09. The zero-order chi connectivity index (χ0) is 27.2. The molecule has 3 rings (SSSR count). The number of nitrogens with one attached hydrogen (secondary N) is 1. The lowest BCUT2D eigenvalue weighted by Gasteiger charge is -2.33. The SMILES string of the molecule is CC[C@H](C(=O)NC)N(Cc1ccc(C)cc1)C(=O)CN(c1cccc(Cl)c1)S(=O)(=O)c1ccc(Cl)cc1. The summed E-state index contributed by atoms with van der Waals surface area (Å²) >= 11 is 12.1. The fourth-order valence-corrected chi connectivity index (χ4v) is 5.59. The summed E-state index contributed by atoms with van der Waals surface area (Å²) in [7, 11) is -2.68. The van der Waals surface area contributed by atoms with E-state index in [-0.39, 0.29) is 23.0 Å². The molecule has 0 heterocycles. The summed E-state index contributed by atoms with van der Waals surface area (Å²) < 4.78 is 28.5. The minimum Gasteiger partial charge on any atom is -0.357 e. The molecule has 0 unspecified atom stereocenters. The topological polar surface area (TPSA) is 86.8 Å². The number of carbonyl (C=O) groups excluding carboxylic acids is 2. The summed E-state index contributed by atoms with van der Waals surface area (Å²) in [6.07, 6.45) is 0.346. The van der Waals surface area contributed by atoms with E-state index in [4.69, 9.17) is 23.2 Å². The molecule has 1 N–H and O–H groups in total. The lowest BCUT2D eigenvalue weighted by Crippen LogP contribution is -2.51. The maximum absolute atomic E-state index is 13.8. The summed E-state index contributed by atoms with van der Waals surface area (Å²) in [4.78, 5) is 27.9. The molecule has 0 fully saturated rings. The molecular weight excluding hydrogens is 533 g/mol. The van der Waals surface area contributed by atoms with Gasteiger partial charge in [-0.2, -0.15) is 0 Å². The molecule has 0 aliphatic rings. The minimum absolute atomic E-state index is 0.0342. The van der Waals surface area contributed by atoms with E-state index in [1.165, 1.54) is 42.3 Å². The van der Waals surface area contributed by atoms with Crippen LogP contribution in [0.3, 0.4) is 0 Å². The average molecular weight is 563 g/mol. The Balaban J connectivity index is 2.05. The van der Waals surface area contributed by atoms with E-state index in [1.54, 1.807) is 25.1 Å². The highest BCUT2D eigenvalue weighted by Gasteiger charge is 2.33. The molecule has 0 radical (unpaired) electrons. The smallest absolute Gasteiger partial charge is 0.264 e. The van der Waals surface area contributed by atoms with Gasteiger partial charge in [-0.3, -0.25) is 13.9 Å². The second kappa shape index (κ2) is 12.4. The first-order valence-electron chi connectivity index (χ1n) is 11.7. The van der Waals surface area contributed by atoms with Crippen molar-refractivity contribution in [1.82, 2.24) is 10.2 Å². The molecule has 37 heavy (non-hydrogen) atoms. The van der Waals surface area contributed by atoms with E-state index in [9.17, 15) is 18.0 Å². The van der Waals surface area contributed by atoms with Gasteiger partial charge in [-0.15, -0.1) is 0 Å². The van der Waals surface area contributed by atoms with Gasteiger partial charge in [0.15, 0.2) is 0 Å². The Bertz CT molecular complexity index is 1350. The zero-order valence-corrected chi connectivity index (χ0v) is 23.1. The largest absolute Gasteiger partial charge is 0.357 e. The molecular formula is C27H29Cl2N3O4S. The van der Waals surface area contributed by atoms with Crippen LogP contribution in [0, 0.1) is 6.92 Å². The van der Waals surface area contributed by atoms with Crippen molar-refractivity contribution in [2.24, 2.45) is 0 Å². The van der Waals surface area contributed by atoms with Crippen molar-refractivity contribution < 1.29 is 18.0 Å². The molecule has 2 amide bonds. The van der Waals surface area contributed by atoms with Crippen LogP contribution in [0.2, 0.25) is 10.0 Å². The van der Waals surface area contributed by atoms with Crippen LogP contribution in [-0.4, -0.2) is 44.8 Å². The highest BCUT2D eigenvalue weighted by molar-refractivity contribution is 7.92. The quantitative estimate of drug-likeness (QED) is 0.375. The van der Waals surface area contributed by atoms with Crippen LogP contribution in [0.4, 0.5) is 5.69 Å². The number of hydrogen-bond acceptors (Lipinski definition) is 4. The van der Waals surface area contributed by atoms with E-state index >= 15 is 0 Å². The number of likely N-dealkylation sites (N-methyl/N-ethyl adjacent to an activating group) is 1. The van der Waals surface area contributed by atoms with Gasteiger partial charge in [0, 0.05) is 23.6 Å². The van der Waals surface area contributed by atoms with E-state index in [0.29, 0.717) is 16.5 Å². The second-order valence-electron chi connectivity index (χ2n) is 8.49. The number of carbonyl (C=O) groups is 2. The van der Waals surface area contributed by atoms with Crippen molar-refractivity contribution in [3.05, 3.63) is 94.0 Å². The first-order chi connectivity index (χ1) is 17.6. The molecule has 0 bridgehead atoms. The maximum atomic E-state index is 13.8. The number of rotatable bonds is 10. The highest BCUT2D eigenvalue weighted by atomic mass is 35.5. The van der Waals surface area contributed by atoms with Gasteiger partial charge in [-0.05, 0) is 61.4 Å². The van der Waals surface area contributed by atoms with Crippen LogP contribution in [0.1, 0.15) is 24.5 Å². The number of halogens is 2. The molecule has 196 valence electrons. The molecule has 0 saturated carbocycles. The number of hydrogen-bond donors (Lipinski definition) is 1. The number of amides is 2. The summed E-state index contributed by atoms with van der Waals surface area (Å²) in [6, 6.07) is 18.8. The van der Waals surface area contributed by atoms with E-state index in [2.05, 4.69) is 5.32 Å². The first kappa shape index (κ1) is 28.5. The summed E-state index contributed by atoms with van der Waals surface area (Å²) in [6.45, 7) is 3.35. The third-order valence-electron chi connectivity index (χ3n) is 5.88. The van der Waals surface area contributed by atoms with Crippen LogP contribution in [0.15, 0.2) is 77.7 Å². The molecule has 7 nitrogen and oxygen atoms in total. The predicted molar refractivity (Wildman–Crippen MR) is 147 cm³/mol. The lowest BCUT2D eigenvalue weighted by atomic mass is 10.1. The number of sulfonamides is 1. The van der Waals surface area contributed by atoms with Crippen molar-refractivity contribution in [3.8, 4) is 0 Å². The third-order valence-corrected chi connectivity index (χ3v) is 8.16. The highest BCUT2D eigenvalue weighted by Crippen LogP contribution is 2.27. The van der Waals surface area contributed by atoms with Gasteiger partial charge in [0.2, 0.25) is 11.8 Å². The molecule has 0 spiro atoms. The second-order valence-corrected chi connectivity index (χ2v) is 11.2. The molecule has 0 aliphatic carbocycles. The Morgan fingerprint density at radius 1 is 0.946 bits per heavy atom. The molecule has 10 heteroatoms. The first-order valence-corrected chi connectivity index (χ1v) is 13.9. The predicted octanol–water partition coefficient (Wildman–Crippen LogP) is 5.05. The normalized spacial score (nSPS) is 12.0. The molecule has 0 aromatic heterocycles. The van der Waals surface area contributed by atoms with Gasteiger partial charge in [0.05, 0.1) is 10.6 Å². The Labute approximate surface area is 228 Å². The van der Waals surface area contributed by atoms with Crippen LogP contribution < -0.4 is 9.62 Å². The monoisotopic (exact) mass is 561 g/mol. The molecule has 0 aliphatic heterocycles. The van der Waals surface area contributed by atoms with Gasteiger partial charge in [-0.25, -0.2) is 8.42 Å². The molecule has 3 aromatic carbocycles. The zero-order valence-electron chi connectivity index (χ0n) is 20.8. The number of anilines is 1. The molecule has 3 aromatic rings. The van der Waals surface area contributed by atoms with Crippen molar-refractivity contribution >= 4 is 50.7 Å². The Kier molecular flexibility index (Phi) is 9.59. The van der Waals surface area contributed by atoms with Gasteiger partial charge in [-0.1, -0.05) is 66.0 Å². The Morgan fingerprint density at radius 2 is 1.59 bits per heavy atom. The van der Waals surface area contributed by atoms with Crippen LogP contribution >= 0.6 is 23.2 Å². The van der Waals surface area contributed by atoms with Crippen LogP contribution in [0.25, 0.3) is 0 Å². The fourth-order valence-electron chi connectivity index (χ4n) is 3.87. The van der Waals surface area contributed by atoms with Crippen molar-refractivity contribution in [1.29, 1.82) is 0 Å². The van der Waals surface area contributed by atoms with Gasteiger partial charge < -0.3 is 10.2 Å². The fraction of sp³-hybridized carbons (Fsp3) is 0.259. The van der Waals surface area contributed by atoms with Crippen molar-refractivity contribution in [2.45, 2.75) is 37.8 Å². The molecule has 1 atom stereocenters. The van der Waals surface area contributed by atoms with E-state index < -0.39 is 28.5 Å². The van der Waals surface area contributed by atoms with Gasteiger partial charge >= 0.3 is 0 Å². The maximum Gasteiger partial charge on any atom is 0.264 e. The summed E-state index contributed by atoms with van der Waals surface area (Å²) in [5.74, 6) is -0.869. The Morgan fingerprint density at radius 3 is 2.16 bits per heavy atom. The van der Waals surface area contributed by atoms with Gasteiger partial charge in [0.1, 0.15) is 12.6 Å². The number of benzene rings is 3. The van der Waals surface area contributed by atoms with E-state index in [0.717, 1.165) is 15.4 Å². The summed E-state index contributed by atoms with van der Waals surface area (Å²) in [5, 5.41) is 3.30. The average Bonchev–Trinajstić information content (AvgIpc) is 2.88. The number of aryl methyl sites for hydroxylation is 1. The van der Waals surface area contributed by atoms with E-state index in [1.807, 2.05) is 31.2 Å². The minimum atomic E-state index is -4.18. The standard InChI is InChI=1S/C27H29Cl2N3O4S/c1-4-25(27(34)30-3)31(17-20-10-8-19(2)9-11-20)26(33)18-32(23-7-5-6-22(29)16-23)37(35,36)24-14-12-21(28)13-15-24/h5-16,25H,4,17-18H2,1-3H3,(H,30,34)/t25-/m1/s1. The lowest BCUT2D eigenvalue weighted by molar-refractivity contribution is -0.140. The van der Waals surface area contributed by atoms with Crippen LogP contribution in [-0.2, 0) is 26.2 Å². The van der Waals surface area contributed by atoms with Crippen LogP contribution in [0.5, 0.6) is 0 Å².